The van der Waals surface area contributed by atoms with Crippen LogP contribution in [0.25, 0.3) is 26.1 Å². The lowest BCUT2D eigenvalue weighted by Crippen LogP contribution is -2.21. The molecule has 3 aromatic heterocycles. The molecule has 0 spiro atoms. The number of Topliss-reactive ketones (excluding diaryl/α,β-unsaturated/α-hetero) is 1. The fourth-order valence-corrected chi connectivity index (χ4v) is 5.81. The van der Waals surface area contributed by atoms with E-state index in [1.54, 1.807) is 16.7 Å². The van der Waals surface area contributed by atoms with Crippen molar-refractivity contribution in [2.75, 3.05) is 5.75 Å². The summed E-state index contributed by atoms with van der Waals surface area (Å²) in [5.74, 6) is 0.181. The van der Waals surface area contributed by atoms with Crippen LogP contribution in [0.2, 0.25) is 0 Å². The molecule has 0 amide bonds. The summed E-state index contributed by atoms with van der Waals surface area (Å²) in [5.41, 5.74) is 3.83. The topological polar surface area (TPSA) is 64.8 Å². The first-order valence-electron chi connectivity index (χ1n) is 10.1. The van der Waals surface area contributed by atoms with Crippen LogP contribution in [0.3, 0.4) is 0 Å². The number of hydrogen-bond donors (Lipinski definition) is 0. The maximum atomic E-state index is 13.6. The van der Waals surface area contributed by atoms with Crippen molar-refractivity contribution in [3.63, 3.8) is 0 Å². The fourth-order valence-electron chi connectivity index (χ4n) is 3.75. The number of hydrogen-bond acceptors (Lipinski definition) is 6. The first-order valence-corrected chi connectivity index (χ1v) is 11.9. The molecule has 32 heavy (non-hydrogen) atoms. The monoisotopic (exact) mass is 457 g/mol. The molecule has 7 heteroatoms. The second kappa shape index (κ2) is 8.33. The zero-order valence-electron chi connectivity index (χ0n) is 17.5. The molecule has 0 saturated carbocycles. The van der Waals surface area contributed by atoms with Gasteiger partial charge in [-0.2, -0.15) is 0 Å². The van der Waals surface area contributed by atoms with E-state index in [4.69, 9.17) is 4.98 Å². The average Bonchev–Trinajstić information content (AvgIpc) is 3.17. The Morgan fingerprint density at radius 2 is 1.69 bits per heavy atom. The maximum Gasteiger partial charge on any atom is 0.276 e. The zero-order chi connectivity index (χ0) is 22.2. The van der Waals surface area contributed by atoms with Crippen LogP contribution in [-0.2, 0) is 0 Å². The van der Waals surface area contributed by atoms with Gasteiger partial charge in [0, 0.05) is 16.6 Å². The molecule has 0 aliphatic heterocycles. The van der Waals surface area contributed by atoms with E-state index in [0.29, 0.717) is 20.9 Å². The summed E-state index contributed by atoms with van der Waals surface area (Å²) in [4.78, 5) is 36.7. The van der Waals surface area contributed by atoms with E-state index >= 15 is 0 Å². The number of nitrogens with zero attached hydrogens (tertiary/aromatic N) is 3. The summed E-state index contributed by atoms with van der Waals surface area (Å²) < 4.78 is 2.17. The molecule has 0 atom stereocenters. The summed E-state index contributed by atoms with van der Waals surface area (Å²) in [6, 6.07) is 20.6. The maximum absolute atomic E-state index is 13.6. The lowest BCUT2D eigenvalue weighted by atomic mass is 10.1. The number of carbonyl (C=O) groups is 1. The molecule has 0 aliphatic rings. The molecule has 0 fully saturated rings. The van der Waals surface area contributed by atoms with Gasteiger partial charge in [0.2, 0.25) is 0 Å². The number of benzene rings is 2. The minimum absolute atomic E-state index is 0.00629. The summed E-state index contributed by atoms with van der Waals surface area (Å²) in [6.07, 6.45) is 0. The molecule has 3 heterocycles. The molecule has 0 unspecified atom stereocenters. The number of ketones is 1. The van der Waals surface area contributed by atoms with Crippen molar-refractivity contribution in [1.29, 1.82) is 0 Å². The Labute approximate surface area is 192 Å². The van der Waals surface area contributed by atoms with Gasteiger partial charge in [0.05, 0.1) is 17.0 Å². The van der Waals surface area contributed by atoms with Crippen molar-refractivity contribution in [3.8, 4) is 5.69 Å². The Bertz CT molecular complexity index is 1520. The van der Waals surface area contributed by atoms with Crippen molar-refractivity contribution in [2.24, 2.45) is 0 Å². The van der Waals surface area contributed by atoms with Crippen molar-refractivity contribution in [2.45, 2.75) is 19.0 Å². The van der Waals surface area contributed by atoms with E-state index in [1.165, 1.54) is 23.1 Å². The van der Waals surface area contributed by atoms with E-state index in [1.807, 2.05) is 68.4 Å². The number of thiophene rings is 1. The van der Waals surface area contributed by atoms with Crippen LogP contribution < -0.4 is 5.56 Å². The summed E-state index contributed by atoms with van der Waals surface area (Å²) in [6.45, 7) is 3.96. The molecule has 2 aromatic carbocycles. The molecule has 5 rings (SSSR count). The van der Waals surface area contributed by atoms with Crippen molar-refractivity contribution in [1.82, 2.24) is 14.5 Å². The standard InChI is InChI=1S/C25H19N3O2S2/c1-15-13-16(2)26-23-20(15)21-22(32-23)24(30)28(18-11-7-4-8-12-18)25(27-21)31-14-19(29)17-9-5-3-6-10-17/h3-13H,14H2,1-2H3. The van der Waals surface area contributed by atoms with Crippen LogP contribution in [0.1, 0.15) is 21.6 Å². The SMILES string of the molecule is Cc1cc(C)c2c(n1)sc1c(=O)n(-c3ccccc3)c(SCC(=O)c3ccccc3)nc12. The predicted octanol–water partition coefficient (Wildman–Crippen LogP) is 5.59. The van der Waals surface area contributed by atoms with Crippen molar-refractivity contribution in [3.05, 3.63) is 93.9 Å². The minimum Gasteiger partial charge on any atom is -0.293 e. The number of para-hydroxylation sites is 1. The molecule has 5 nitrogen and oxygen atoms in total. The Hall–Kier alpha value is -3.29. The largest absolute Gasteiger partial charge is 0.293 e. The van der Waals surface area contributed by atoms with E-state index in [9.17, 15) is 9.59 Å². The van der Waals surface area contributed by atoms with Crippen LogP contribution in [0, 0.1) is 13.8 Å². The van der Waals surface area contributed by atoms with Crippen molar-refractivity contribution < 1.29 is 4.79 Å². The number of aryl methyl sites for hydroxylation is 2. The van der Waals surface area contributed by atoms with Gasteiger partial charge in [-0.1, -0.05) is 60.3 Å². The van der Waals surface area contributed by atoms with Crippen LogP contribution in [-0.4, -0.2) is 26.1 Å². The van der Waals surface area contributed by atoms with E-state index in [-0.39, 0.29) is 17.1 Å². The third-order valence-electron chi connectivity index (χ3n) is 5.20. The average molecular weight is 458 g/mol. The van der Waals surface area contributed by atoms with Crippen LogP contribution >= 0.6 is 23.1 Å². The minimum atomic E-state index is -0.143. The highest BCUT2D eigenvalue weighted by Gasteiger charge is 2.20. The van der Waals surface area contributed by atoms with Gasteiger partial charge in [0.1, 0.15) is 9.53 Å². The summed E-state index contributed by atoms with van der Waals surface area (Å²) in [7, 11) is 0. The number of thioether (sulfide) groups is 1. The van der Waals surface area contributed by atoms with Crippen LogP contribution in [0.5, 0.6) is 0 Å². The predicted molar refractivity (Wildman–Crippen MR) is 131 cm³/mol. The highest BCUT2D eigenvalue weighted by atomic mass is 32.2. The zero-order valence-corrected chi connectivity index (χ0v) is 19.2. The highest BCUT2D eigenvalue weighted by molar-refractivity contribution is 7.99. The quantitative estimate of drug-likeness (QED) is 0.196. The Morgan fingerprint density at radius 3 is 2.41 bits per heavy atom. The van der Waals surface area contributed by atoms with E-state index in [2.05, 4.69) is 4.98 Å². The normalized spacial score (nSPS) is 11.3. The molecular weight excluding hydrogens is 438 g/mol. The van der Waals surface area contributed by atoms with Gasteiger partial charge < -0.3 is 0 Å². The smallest absolute Gasteiger partial charge is 0.276 e. The Morgan fingerprint density at radius 1 is 1.00 bits per heavy atom. The molecule has 0 radical (unpaired) electrons. The molecule has 5 aromatic rings. The van der Waals surface area contributed by atoms with Gasteiger partial charge >= 0.3 is 0 Å². The summed E-state index contributed by atoms with van der Waals surface area (Å²) >= 11 is 2.65. The number of fused-ring (bicyclic) bond motifs is 3. The molecule has 158 valence electrons. The second-order valence-corrected chi connectivity index (χ2v) is 9.43. The van der Waals surface area contributed by atoms with Gasteiger partial charge in [-0.15, -0.1) is 11.3 Å². The molecular formula is C25H19N3O2S2. The van der Waals surface area contributed by atoms with E-state index < -0.39 is 0 Å². The number of rotatable bonds is 5. The first-order chi connectivity index (χ1) is 15.5. The Balaban J connectivity index is 1.69. The molecule has 0 bridgehead atoms. The molecule has 0 N–H and O–H groups in total. The number of carbonyl (C=O) groups excluding carboxylic acids is 1. The third kappa shape index (κ3) is 3.63. The van der Waals surface area contributed by atoms with Gasteiger partial charge in [-0.3, -0.25) is 14.2 Å². The lowest BCUT2D eigenvalue weighted by molar-refractivity contribution is 0.102. The van der Waals surface area contributed by atoms with Crippen LogP contribution in [0.4, 0.5) is 0 Å². The second-order valence-electron chi connectivity index (χ2n) is 7.49. The van der Waals surface area contributed by atoms with E-state index in [0.717, 1.165) is 27.2 Å². The van der Waals surface area contributed by atoms with Gasteiger partial charge in [-0.25, -0.2) is 9.97 Å². The number of aromatic nitrogens is 3. The molecule has 0 aliphatic carbocycles. The van der Waals surface area contributed by atoms with Crippen LogP contribution in [0.15, 0.2) is 76.7 Å². The third-order valence-corrected chi connectivity index (χ3v) is 7.20. The summed E-state index contributed by atoms with van der Waals surface area (Å²) in [5, 5.41) is 1.40. The van der Waals surface area contributed by atoms with Gasteiger partial charge in [0.25, 0.3) is 5.56 Å². The Kier molecular flexibility index (Phi) is 5.36. The molecule has 0 saturated heterocycles. The highest BCUT2D eigenvalue weighted by Crippen LogP contribution is 2.34. The fraction of sp³-hybridized carbons (Fsp3) is 0.120. The lowest BCUT2D eigenvalue weighted by Gasteiger charge is -2.12. The number of pyridine rings is 1. The van der Waals surface area contributed by atoms with Gasteiger partial charge in [-0.05, 0) is 37.6 Å². The van der Waals surface area contributed by atoms with Gasteiger partial charge in [0.15, 0.2) is 10.9 Å². The first kappa shape index (κ1) is 20.6. The van der Waals surface area contributed by atoms with Crippen molar-refractivity contribution >= 4 is 49.3 Å².